The third-order valence-electron chi connectivity index (χ3n) is 8.67. The van der Waals surface area contributed by atoms with Crippen molar-refractivity contribution in [2.45, 2.75) is 75.0 Å². The van der Waals surface area contributed by atoms with Crippen molar-refractivity contribution in [3.63, 3.8) is 0 Å². The van der Waals surface area contributed by atoms with Crippen molar-refractivity contribution in [1.82, 2.24) is 20.1 Å². The number of carbonyl (C=O) groups excluding carboxylic acids is 1. The molecule has 0 aromatic carbocycles. The molecule has 1 amide bonds. The molecule has 244 valence electrons. The Morgan fingerprint density at radius 1 is 1.16 bits per heavy atom. The largest absolute Gasteiger partial charge is 0.394 e. The molecule has 2 aromatic heterocycles. The van der Waals surface area contributed by atoms with Gasteiger partial charge in [0.1, 0.15) is 23.7 Å². The van der Waals surface area contributed by atoms with Crippen molar-refractivity contribution in [2.75, 3.05) is 41.5 Å². The average molecular weight is 652 g/mol. The second kappa shape index (κ2) is 11.7. The lowest BCUT2D eigenvalue weighted by molar-refractivity contribution is -0.189. The zero-order valence-corrected chi connectivity index (χ0v) is 25.7. The fourth-order valence-electron chi connectivity index (χ4n) is 5.99. The van der Waals surface area contributed by atoms with Crippen LogP contribution in [0.1, 0.15) is 56.3 Å². The van der Waals surface area contributed by atoms with Gasteiger partial charge in [0.25, 0.3) is 15.9 Å². The lowest BCUT2D eigenvalue weighted by atomic mass is 10.00. The van der Waals surface area contributed by atoms with Crippen LogP contribution >= 0.6 is 0 Å². The van der Waals surface area contributed by atoms with Crippen molar-refractivity contribution in [3.8, 4) is 0 Å². The monoisotopic (exact) mass is 651 g/mol. The van der Waals surface area contributed by atoms with Crippen LogP contribution in [0.4, 0.5) is 30.6 Å². The SMILES string of the molecule is CC1(C)CC2CN1c1nc(N3C=CC(OCCCC4(C(F)(F)F)CC4)N3)ccc1C(=O)NS(=O)(=O)c1cccc(n1)NCCO2. The molecular formula is C29H36F3N7O5S. The molecule has 0 spiro atoms. The first-order valence-corrected chi connectivity index (χ1v) is 16.4. The number of alkyl halides is 3. The number of anilines is 3. The van der Waals surface area contributed by atoms with E-state index < -0.39 is 39.3 Å². The van der Waals surface area contributed by atoms with Gasteiger partial charge < -0.3 is 19.7 Å². The summed E-state index contributed by atoms with van der Waals surface area (Å²) in [5.41, 5.74) is 1.10. The minimum Gasteiger partial charge on any atom is -0.374 e. The number of halogens is 3. The van der Waals surface area contributed by atoms with Crippen molar-refractivity contribution >= 4 is 33.4 Å². The summed E-state index contributed by atoms with van der Waals surface area (Å²) in [4.78, 5) is 24.4. The number of amides is 1. The number of sulfonamides is 1. The summed E-state index contributed by atoms with van der Waals surface area (Å²) in [6, 6.07) is 7.54. The Labute approximate surface area is 259 Å². The third-order valence-corrected chi connectivity index (χ3v) is 9.90. The molecule has 4 bridgehead atoms. The van der Waals surface area contributed by atoms with E-state index in [1.807, 2.05) is 18.7 Å². The zero-order valence-electron chi connectivity index (χ0n) is 24.9. The van der Waals surface area contributed by atoms with Crippen LogP contribution in [0.5, 0.6) is 0 Å². The zero-order chi connectivity index (χ0) is 32.0. The van der Waals surface area contributed by atoms with Gasteiger partial charge in [0.2, 0.25) is 0 Å². The average Bonchev–Trinajstić information content (AvgIpc) is 3.53. The van der Waals surface area contributed by atoms with Crippen molar-refractivity contribution < 1.29 is 35.9 Å². The molecule has 16 heteroatoms. The highest BCUT2D eigenvalue weighted by Crippen LogP contribution is 2.60. The molecule has 45 heavy (non-hydrogen) atoms. The number of hydrogen-bond donors (Lipinski definition) is 3. The van der Waals surface area contributed by atoms with E-state index in [1.54, 1.807) is 29.4 Å². The van der Waals surface area contributed by atoms with Crippen LogP contribution in [0.15, 0.2) is 47.6 Å². The maximum absolute atomic E-state index is 13.5. The predicted molar refractivity (Wildman–Crippen MR) is 159 cm³/mol. The number of pyridine rings is 2. The van der Waals surface area contributed by atoms with Crippen LogP contribution in [-0.4, -0.2) is 74.6 Å². The van der Waals surface area contributed by atoms with E-state index in [0.717, 1.165) is 0 Å². The van der Waals surface area contributed by atoms with Gasteiger partial charge in [-0.3, -0.25) is 9.80 Å². The van der Waals surface area contributed by atoms with Gasteiger partial charge in [0.15, 0.2) is 5.03 Å². The van der Waals surface area contributed by atoms with Gasteiger partial charge in [-0.15, -0.1) is 0 Å². The van der Waals surface area contributed by atoms with Gasteiger partial charge in [0.05, 0.1) is 23.7 Å². The fraction of sp³-hybridized carbons (Fsp3) is 0.552. The maximum Gasteiger partial charge on any atom is 0.394 e. The summed E-state index contributed by atoms with van der Waals surface area (Å²) >= 11 is 0. The number of ether oxygens (including phenoxy) is 2. The van der Waals surface area contributed by atoms with E-state index in [0.29, 0.717) is 37.8 Å². The highest BCUT2D eigenvalue weighted by atomic mass is 32.2. The van der Waals surface area contributed by atoms with E-state index in [9.17, 15) is 26.4 Å². The van der Waals surface area contributed by atoms with E-state index >= 15 is 0 Å². The third kappa shape index (κ3) is 6.59. The summed E-state index contributed by atoms with van der Waals surface area (Å²) in [7, 11) is -4.31. The number of nitrogens with zero attached hydrogens (tertiary/aromatic N) is 4. The second-order valence-corrected chi connectivity index (χ2v) is 14.0. The molecule has 3 aliphatic heterocycles. The molecular weight excluding hydrogens is 615 g/mol. The van der Waals surface area contributed by atoms with Crippen LogP contribution in [0.3, 0.4) is 0 Å². The summed E-state index contributed by atoms with van der Waals surface area (Å²) < 4.78 is 80.0. The van der Waals surface area contributed by atoms with Crippen LogP contribution in [-0.2, 0) is 19.5 Å². The Kier molecular flexibility index (Phi) is 8.20. The van der Waals surface area contributed by atoms with Crippen molar-refractivity contribution in [3.05, 3.63) is 48.2 Å². The number of hydrazine groups is 1. The fourth-order valence-corrected chi connectivity index (χ4v) is 6.92. The molecule has 1 saturated heterocycles. The van der Waals surface area contributed by atoms with Gasteiger partial charge in [-0.05, 0) is 76.3 Å². The van der Waals surface area contributed by atoms with E-state index in [4.69, 9.17) is 14.5 Å². The number of aromatic nitrogens is 2. The van der Waals surface area contributed by atoms with E-state index in [2.05, 4.69) is 20.4 Å². The van der Waals surface area contributed by atoms with Gasteiger partial charge in [-0.1, -0.05) is 6.07 Å². The topological polar surface area (TPSA) is 138 Å². The highest BCUT2D eigenvalue weighted by molar-refractivity contribution is 7.90. The maximum atomic E-state index is 13.5. The molecule has 1 saturated carbocycles. The Hall–Kier alpha value is -3.47. The smallest absolute Gasteiger partial charge is 0.374 e. The number of hydrogen-bond acceptors (Lipinski definition) is 11. The number of fused-ring (bicyclic) bond motifs is 6. The summed E-state index contributed by atoms with van der Waals surface area (Å²) in [6.07, 6.45) is -0.257. The quantitative estimate of drug-likeness (QED) is 0.395. The molecule has 2 atom stereocenters. The van der Waals surface area contributed by atoms with Crippen LogP contribution in [0.2, 0.25) is 0 Å². The molecule has 2 aromatic rings. The Balaban J connectivity index is 1.21. The van der Waals surface area contributed by atoms with Crippen molar-refractivity contribution in [2.24, 2.45) is 5.41 Å². The summed E-state index contributed by atoms with van der Waals surface area (Å²) in [5.74, 6) is 0.146. The highest BCUT2D eigenvalue weighted by Gasteiger charge is 2.62. The molecule has 3 N–H and O–H groups in total. The molecule has 2 fully saturated rings. The summed E-state index contributed by atoms with van der Waals surface area (Å²) in [6.45, 7) is 5.32. The number of nitrogens with one attached hydrogen (secondary N) is 3. The predicted octanol–water partition coefficient (Wildman–Crippen LogP) is 3.70. The Morgan fingerprint density at radius 3 is 2.71 bits per heavy atom. The first-order chi connectivity index (χ1) is 21.3. The summed E-state index contributed by atoms with van der Waals surface area (Å²) in [5, 5.41) is 4.34. The lowest BCUT2D eigenvalue weighted by Gasteiger charge is -2.34. The first-order valence-electron chi connectivity index (χ1n) is 14.9. The van der Waals surface area contributed by atoms with Crippen LogP contribution < -0.4 is 25.4 Å². The first kappa shape index (κ1) is 31.5. The molecule has 1 aliphatic carbocycles. The number of rotatable bonds is 6. The van der Waals surface area contributed by atoms with Crippen LogP contribution in [0.25, 0.3) is 0 Å². The normalized spacial score (nSPS) is 25.1. The molecule has 2 unspecified atom stereocenters. The minimum atomic E-state index is -4.31. The van der Waals surface area contributed by atoms with Gasteiger partial charge in [-0.2, -0.15) is 27.0 Å². The second-order valence-electron chi connectivity index (χ2n) is 12.4. The molecule has 6 rings (SSSR count). The van der Waals surface area contributed by atoms with E-state index in [-0.39, 0.29) is 54.8 Å². The van der Waals surface area contributed by atoms with E-state index in [1.165, 1.54) is 18.2 Å². The Bertz CT molecular complexity index is 1580. The van der Waals surface area contributed by atoms with Gasteiger partial charge >= 0.3 is 6.18 Å². The molecule has 4 aliphatic rings. The molecule has 0 radical (unpaired) electrons. The lowest BCUT2D eigenvalue weighted by Crippen LogP contribution is -2.42. The molecule has 5 heterocycles. The Morgan fingerprint density at radius 2 is 1.96 bits per heavy atom. The van der Waals surface area contributed by atoms with Crippen LogP contribution in [0, 0.1) is 5.41 Å². The standard InChI is InChI=1S/C29H36F3N7O5S/c1-27(2)17-19-18-38(27)25-20(26(40)37-45(41,42)24-6-3-5-21(34-24)33-13-16-43-19)7-8-22(35-25)39-14-9-23(36-39)44-15-4-10-28(11-12-28)29(30,31)32/h3,5-9,14,19,23,36H,4,10-13,15-18H2,1-2H3,(H,33,34)(H,37,40). The number of carbonyl (C=O) groups is 1. The van der Waals surface area contributed by atoms with Gasteiger partial charge in [-0.25, -0.2) is 14.7 Å². The molecule has 12 nitrogen and oxygen atoms in total. The van der Waals surface area contributed by atoms with Gasteiger partial charge in [0, 0.05) is 31.4 Å². The van der Waals surface area contributed by atoms with Crippen molar-refractivity contribution in [1.29, 1.82) is 0 Å². The minimum absolute atomic E-state index is 0.0369.